The van der Waals surface area contributed by atoms with Gasteiger partial charge in [-0.25, -0.2) is 0 Å². The monoisotopic (exact) mass is 2250 g/mol. The van der Waals surface area contributed by atoms with Crippen LogP contribution < -0.4 is 61.3 Å². The van der Waals surface area contributed by atoms with Gasteiger partial charge in [-0.1, -0.05) is 291 Å². The molecule has 12 rings (SSSR count). The van der Waals surface area contributed by atoms with Crippen molar-refractivity contribution < 1.29 is 214 Å². The maximum Gasteiger partial charge on any atom is 3.00 e. The van der Waals surface area contributed by atoms with E-state index in [0.29, 0.717) is 145 Å². The van der Waals surface area contributed by atoms with Gasteiger partial charge in [0, 0.05) is 74.6 Å². The molecule has 0 fully saturated rings. The van der Waals surface area contributed by atoms with Crippen molar-refractivity contribution in [2.75, 3.05) is 78.5 Å². The molecule has 0 saturated heterocycles. The van der Waals surface area contributed by atoms with Crippen LogP contribution in [0, 0.1) is 153 Å². The summed E-state index contributed by atoms with van der Waals surface area (Å²) >= 11 is 0. The molecular formula is C96H84Dy4N12O12. The molecule has 0 aliphatic rings. The third-order valence-electron chi connectivity index (χ3n) is 15.9. The molecule has 0 unspecified atom stereocenters. The van der Waals surface area contributed by atoms with Crippen LogP contribution in [0.15, 0.2) is 351 Å². The van der Waals surface area contributed by atoms with Gasteiger partial charge in [0.25, 0.3) is 0 Å². The molecule has 0 N–H and O–H groups in total. The van der Waals surface area contributed by atoms with Crippen molar-refractivity contribution in [2.45, 2.75) is 0 Å². The molecule has 640 valence electrons. The number of para-hydroxylation sites is 12. The minimum absolute atomic E-state index is 0. The smallest absolute Gasteiger partial charge is 0.872 e. The van der Waals surface area contributed by atoms with E-state index in [1.165, 1.54) is 72.8 Å². The molecule has 0 aliphatic heterocycles. The van der Waals surface area contributed by atoms with Crippen molar-refractivity contribution in [3.8, 4) is 69.0 Å². The topological polar surface area (TPSA) is 425 Å². The van der Waals surface area contributed by atoms with E-state index in [0.717, 1.165) is 0 Å². The van der Waals surface area contributed by atoms with Crippen LogP contribution in [0.1, 0.15) is 66.8 Å². The first-order valence-corrected chi connectivity index (χ1v) is 37.7. The standard InChI is InChI=1S/6C16H16N2O2.4Dy/c6*19-15-7-3-1-5-13(15)11-17-9-10-18-12-14-6-2-4-8-16(14)20;;;;/h6*1-8,11-12,19-20H,9-10H2;;;;/q;;;;;;4*+3/p-12. The summed E-state index contributed by atoms with van der Waals surface area (Å²) < 4.78 is 0. The maximum atomic E-state index is 11.4. The first-order valence-electron chi connectivity index (χ1n) is 37.7. The van der Waals surface area contributed by atoms with Gasteiger partial charge in [0.1, 0.15) is 0 Å². The molecule has 24 nitrogen and oxygen atoms in total. The zero-order valence-electron chi connectivity index (χ0n) is 66.7. The van der Waals surface area contributed by atoms with Gasteiger partial charge in [-0.05, 0) is 66.8 Å². The van der Waals surface area contributed by atoms with Crippen LogP contribution in [-0.4, -0.2) is 153 Å². The second-order valence-electron chi connectivity index (χ2n) is 24.9. The molecule has 4 radical (unpaired) electrons. The van der Waals surface area contributed by atoms with Crippen molar-refractivity contribution in [2.24, 2.45) is 59.9 Å². The number of hydrogen-bond donors (Lipinski definition) is 0. The summed E-state index contributed by atoms with van der Waals surface area (Å²) in [6, 6.07) is 80.7. The Kier molecular flexibility index (Phi) is 57.2. The fourth-order valence-corrected chi connectivity index (χ4v) is 9.69. The normalized spacial score (nSPS) is 11.0. The number of benzene rings is 12. The van der Waals surface area contributed by atoms with Crippen LogP contribution in [0.2, 0.25) is 0 Å². The Hall–Kier alpha value is -10.6. The molecular weight excluding hydrogens is 2160 g/mol. The van der Waals surface area contributed by atoms with Crippen molar-refractivity contribution in [1.29, 1.82) is 0 Å². The minimum Gasteiger partial charge on any atom is -0.872 e. The van der Waals surface area contributed by atoms with E-state index in [1.54, 1.807) is 293 Å². The minimum atomic E-state index is -0.0416. The van der Waals surface area contributed by atoms with Gasteiger partial charge in [-0.15, -0.1) is 69.0 Å². The quantitative estimate of drug-likeness (QED) is 0.0303. The van der Waals surface area contributed by atoms with Crippen molar-refractivity contribution in [3.63, 3.8) is 0 Å². The Balaban J connectivity index is 0.000000382. The molecule has 12 aromatic carbocycles. The summed E-state index contributed by atoms with van der Waals surface area (Å²) in [5, 5.41) is 137. The number of aliphatic imine (C=N–C) groups is 12. The molecule has 0 bridgehead atoms. The molecule has 0 saturated carbocycles. The van der Waals surface area contributed by atoms with E-state index >= 15 is 0 Å². The summed E-state index contributed by atoms with van der Waals surface area (Å²) in [5.41, 5.74) is 6.85. The fraction of sp³-hybridized carbons (Fsp3) is 0.125. The Morgan fingerprint density at radius 2 is 0.185 bits per heavy atom. The largest absolute Gasteiger partial charge is 3.00 e. The predicted molar refractivity (Wildman–Crippen MR) is 460 cm³/mol. The molecule has 28 heteroatoms. The molecule has 0 heterocycles. The van der Waals surface area contributed by atoms with E-state index in [1.807, 2.05) is 0 Å². The summed E-state index contributed by atoms with van der Waals surface area (Å²) in [6.07, 6.45) is 18.7. The number of nitrogens with zero attached hydrogens (tertiary/aromatic N) is 12. The van der Waals surface area contributed by atoms with Crippen LogP contribution in [0.5, 0.6) is 69.0 Å². The van der Waals surface area contributed by atoms with Gasteiger partial charge in [-0.2, -0.15) is 0 Å². The van der Waals surface area contributed by atoms with Gasteiger partial charge in [-0.3, -0.25) is 59.9 Å². The summed E-state index contributed by atoms with van der Waals surface area (Å²) in [7, 11) is 0. The third-order valence-corrected chi connectivity index (χ3v) is 15.9. The van der Waals surface area contributed by atoms with E-state index in [2.05, 4.69) is 59.9 Å². The Bertz CT molecular complexity index is 4280. The number of rotatable bonds is 30. The SMILES string of the molecule is [Dy+3].[Dy+3].[Dy+3].[Dy+3].[O-]c1ccccc1C=NCCN=Cc1ccccc1[O-].[O-]c1ccccc1C=NCCN=Cc1ccccc1[O-].[O-]c1ccccc1C=NCCN=Cc1ccccc1[O-].[O-]c1ccccc1C=NCCN=Cc1ccccc1[O-].[O-]c1ccccc1C=NCCN=Cc1ccccc1[O-].[O-]c1ccccc1C=NCCN=Cc1ccccc1[O-]. The van der Waals surface area contributed by atoms with Crippen LogP contribution >= 0.6 is 0 Å². The number of hydrogen-bond acceptors (Lipinski definition) is 24. The van der Waals surface area contributed by atoms with E-state index in [4.69, 9.17) is 0 Å². The maximum absolute atomic E-state index is 11.4. The summed E-state index contributed by atoms with van der Waals surface area (Å²) in [6.45, 7) is 5.74. The van der Waals surface area contributed by atoms with Gasteiger partial charge in [0.05, 0.1) is 78.5 Å². The summed E-state index contributed by atoms with van der Waals surface area (Å²) in [5.74, 6) is -0.500. The predicted octanol–water partition coefficient (Wildman–Crippen LogP) is 8.23. The van der Waals surface area contributed by atoms with E-state index < -0.39 is 0 Å². The molecule has 0 aromatic heterocycles. The summed E-state index contributed by atoms with van der Waals surface area (Å²) in [4.78, 5) is 49.7. The molecule has 124 heavy (non-hydrogen) atoms. The van der Waals surface area contributed by atoms with Crippen LogP contribution in [0.25, 0.3) is 0 Å². The van der Waals surface area contributed by atoms with Gasteiger partial charge < -0.3 is 61.3 Å². The molecule has 0 aliphatic carbocycles. The van der Waals surface area contributed by atoms with E-state index in [9.17, 15) is 61.3 Å². The van der Waals surface area contributed by atoms with Crippen LogP contribution in [0.4, 0.5) is 0 Å². The first kappa shape index (κ1) is 108. The fourth-order valence-electron chi connectivity index (χ4n) is 9.69. The molecule has 12 aromatic rings. The Morgan fingerprint density at radius 3 is 0.250 bits per heavy atom. The van der Waals surface area contributed by atoms with Gasteiger partial charge in [0.15, 0.2) is 0 Å². The average Bonchev–Trinajstić information content (AvgIpc) is 0.908. The third kappa shape index (κ3) is 44.1. The molecule has 0 atom stereocenters. The Morgan fingerprint density at radius 1 is 0.121 bits per heavy atom. The first-order chi connectivity index (χ1) is 58.6. The van der Waals surface area contributed by atoms with Gasteiger partial charge in [0.2, 0.25) is 0 Å². The van der Waals surface area contributed by atoms with Crippen molar-refractivity contribution in [3.05, 3.63) is 358 Å². The molecule has 0 amide bonds. The second-order valence-corrected chi connectivity index (χ2v) is 24.9. The van der Waals surface area contributed by atoms with Crippen LogP contribution in [0.3, 0.4) is 0 Å². The zero-order valence-corrected chi connectivity index (χ0v) is 74.8. The van der Waals surface area contributed by atoms with Crippen molar-refractivity contribution >= 4 is 74.6 Å². The average molecular weight is 2250 g/mol. The van der Waals surface area contributed by atoms with Crippen molar-refractivity contribution in [1.82, 2.24) is 0 Å². The Labute approximate surface area is 843 Å². The second kappa shape index (κ2) is 66.0. The van der Waals surface area contributed by atoms with Gasteiger partial charge >= 0.3 is 153 Å². The molecule has 0 spiro atoms. The van der Waals surface area contributed by atoms with Crippen LogP contribution in [-0.2, 0) is 0 Å². The van der Waals surface area contributed by atoms with E-state index in [-0.39, 0.29) is 222 Å². The zero-order chi connectivity index (χ0) is 85.3.